The highest BCUT2D eigenvalue weighted by molar-refractivity contribution is 5.99. The number of benzene rings is 1. The number of nitrogens with zero attached hydrogens (tertiary/aromatic N) is 1. The molecule has 28 heavy (non-hydrogen) atoms. The van der Waals surface area contributed by atoms with Gasteiger partial charge < -0.3 is 19.2 Å². The van der Waals surface area contributed by atoms with E-state index in [9.17, 15) is 4.79 Å². The molecule has 5 nitrogen and oxygen atoms in total. The van der Waals surface area contributed by atoms with Crippen LogP contribution in [0.3, 0.4) is 0 Å². The van der Waals surface area contributed by atoms with Crippen molar-refractivity contribution in [3.63, 3.8) is 0 Å². The third kappa shape index (κ3) is 3.38. The van der Waals surface area contributed by atoms with Gasteiger partial charge in [-0.15, -0.1) is 0 Å². The number of ketones is 1. The average Bonchev–Trinajstić information content (AvgIpc) is 3.06. The van der Waals surface area contributed by atoms with Crippen molar-refractivity contribution in [2.45, 2.75) is 32.2 Å². The molecule has 0 unspecified atom stereocenters. The minimum Gasteiger partial charge on any atom is -0.493 e. The van der Waals surface area contributed by atoms with Crippen molar-refractivity contribution in [3.8, 4) is 11.5 Å². The summed E-state index contributed by atoms with van der Waals surface area (Å²) in [6.45, 7) is 1.61. The molecule has 0 fully saturated rings. The zero-order valence-electron chi connectivity index (χ0n) is 16.5. The molecule has 146 valence electrons. The average molecular weight is 378 g/mol. The maximum atomic E-state index is 12.5. The molecular weight excluding hydrogens is 352 g/mol. The number of fused-ring (bicyclic) bond motifs is 3. The van der Waals surface area contributed by atoms with E-state index in [0.29, 0.717) is 6.42 Å². The first-order valence-electron chi connectivity index (χ1n) is 9.78. The number of hydrogen-bond donors (Lipinski definition) is 1. The molecule has 0 aliphatic heterocycles. The predicted octanol–water partition coefficient (Wildman–Crippen LogP) is 3.81. The lowest BCUT2D eigenvalue weighted by molar-refractivity contribution is 0.0966. The number of methoxy groups -OCH3 is 2. The summed E-state index contributed by atoms with van der Waals surface area (Å²) in [5.74, 6) is 1.75. The van der Waals surface area contributed by atoms with E-state index in [1.54, 1.807) is 14.2 Å². The van der Waals surface area contributed by atoms with Crippen LogP contribution in [0, 0.1) is 0 Å². The van der Waals surface area contributed by atoms with E-state index in [-0.39, 0.29) is 5.78 Å². The van der Waals surface area contributed by atoms with Crippen LogP contribution >= 0.6 is 0 Å². The Labute approximate surface area is 165 Å². The van der Waals surface area contributed by atoms with Gasteiger partial charge in [-0.3, -0.25) is 4.79 Å². The fourth-order valence-corrected chi connectivity index (χ4v) is 4.16. The first-order chi connectivity index (χ1) is 13.7. The molecule has 1 aliphatic carbocycles. The molecule has 1 aliphatic rings. The topological polar surface area (TPSA) is 52.0 Å². The van der Waals surface area contributed by atoms with Gasteiger partial charge in [0.2, 0.25) is 0 Å². The van der Waals surface area contributed by atoms with Crippen LogP contribution in [0.2, 0.25) is 0 Å². The SMILES string of the molecule is COc1ccc(CNCCc2c3c(n4ccccc24)C(=O)CCC3)cc1OC. The third-order valence-corrected chi connectivity index (χ3v) is 5.48. The number of ether oxygens (including phenoxy) is 2. The molecule has 0 amide bonds. The molecule has 2 aromatic heterocycles. The summed E-state index contributed by atoms with van der Waals surface area (Å²) in [5, 5.41) is 3.52. The Kier molecular flexibility index (Phi) is 5.35. The molecule has 5 heteroatoms. The summed E-state index contributed by atoms with van der Waals surface area (Å²) in [7, 11) is 3.29. The Morgan fingerprint density at radius 3 is 2.75 bits per heavy atom. The van der Waals surface area contributed by atoms with Gasteiger partial charge >= 0.3 is 0 Å². The van der Waals surface area contributed by atoms with Crippen LogP contribution in [0.5, 0.6) is 11.5 Å². The van der Waals surface area contributed by atoms with Crippen LogP contribution in [-0.4, -0.2) is 30.9 Å². The maximum absolute atomic E-state index is 12.5. The van der Waals surface area contributed by atoms with Crippen LogP contribution < -0.4 is 14.8 Å². The molecule has 1 N–H and O–H groups in total. The number of hydrogen-bond acceptors (Lipinski definition) is 4. The van der Waals surface area contributed by atoms with Crippen molar-refractivity contribution in [1.82, 2.24) is 9.72 Å². The van der Waals surface area contributed by atoms with Crippen molar-refractivity contribution >= 4 is 11.3 Å². The van der Waals surface area contributed by atoms with Crippen molar-refractivity contribution in [2.75, 3.05) is 20.8 Å². The number of carbonyl (C=O) groups excluding carboxylic acids is 1. The highest BCUT2D eigenvalue weighted by atomic mass is 16.5. The maximum Gasteiger partial charge on any atom is 0.179 e. The van der Waals surface area contributed by atoms with Gasteiger partial charge in [-0.2, -0.15) is 0 Å². The largest absolute Gasteiger partial charge is 0.493 e. The van der Waals surface area contributed by atoms with Gasteiger partial charge in [0.15, 0.2) is 17.3 Å². The molecule has 1 aromatic carbocycles. The Hall–Kier alpha value is -2.79. The highest BCUT2D eigenvalue weighted by Crippen LogP contribution is 2.31. The monoisotopic (exact) mass is 378 g/mol. The van der Waals surface area contributed by atoms with Crippen LogP contribution in [-0.2, 0) is 19.4 Å². The van der Waals surface area contributed by atoms with E-state index in [0.717, 1.165) is 60.6 Å². The number of rotatable bonds is 7. The van der Waals surface area contributed by atoms with E-state index >= 15 is 0 Å². The fraction of sp³-hybridized carbons (Fsp3) is 0.348. The quantitative estimate of drug-likeness (QED) is 0.635. The highest BCUT2D eigenvalue weighted by Gasteiger charge is 2.25. The zero-order valence-corrected chi connectivity index (χ0v) is 16.5. The molecule has 0 saturated carbocycles. The second-order valence-corrected chi connectivity index (χ2v) is 7.15. The summed E-state index contributed by atoms with van der Waals surface area (Å²) in [4.78, 5) is 12.5. The molecule has 0 spiro atoms. The second-order valence-electron chi connectivity index (χ2n) is 7.15. The summed E-state index contributed by atoms with van der Waals surface area (Å²) in [6.07, 6.45) is 5.52. The minimum absolute atomic E-state index is 0.270. The number of Topliss-reactive ketones (excluding diaryl/α,β-unsaturated/α-hetero) is 1. The number of nitrogens with one attached hydrogen (secondary N) is 1. The number of aromatic nitrogens is 1. The summed E-state index contributed by atoms with van der Waals surface area (Å²) >= 11 is 0. The summed E-state index contributed by atoms with van der Waals surface area (Å²) in [5.41, 5.74) is 5.77. The van der Waals surface area contributed by atoms with Gasteiger partial charge in [0.1, 0.15) is 0 Å². The number of pyridine rings is 1. The van der Waals surface area contributed by atoms with Gasteiger partial charge in [-0.1, -0.05) is 12.1 Å². The summed E-state index contributed by atoms with van der Waals surface area (Å²) in [6, 6.07) is 12.1. The van der Waals surface area contributed by atoms with Gasteiger partial charge in [0.05, 0.1) is 19.9 Å². The van der Waals surface area contributed by atoms with Crippen molar-refractivity contribution < 1.29 is 14.3 Å². The molecule has 2 heterocycles. The molecule has 0 bridgehead atoms. The van der Waals surface area contributed by atoms with E-state index in [2.05, 4.69) is 15.8 Å². The molecule has 4 rings (SSSR count). The first kappa shape index (κ1) is 18.6. The van der Waals surface area contributed by atoms with Crippen LogP contribution in [0.4, 0.5) is 0 Å². The van der Waals surface area contributed by atoms with Crippen LogP contribution in [0.25, 0.3) is 5.52 Å². The molecular formula is C23H26N2O3. The molecule has 0 atom stereocenters. The standard InChI is InChI=1S/C23H26N2O3/c1-27-21-10-9-16(14-22(21)28-2)15-24-12-11-17-18-6-5-8-20(26)23(18)25-13-4-3-7-19(17)25/h3-4,7,9-10,13-14,24H,5-6,8,11-12,15H2,1-2H3. The van der Waals surface area contributed by atoms with Crippen molar-refractivity contribution in [2.24, 2.45) is 0 Å². The van der Waals surface area contributed by atoms with Gasteiger partial charge in [-0.05, 0) is 66.8 Å². The fourth-order valence-electron chi connectivity index (χ4n) is 4.16. The van der Waals surface area contributed by atoms with Gasteiger partial charge in [0, 0.05) is 24.7 Å². The normalized spacial score (nSPS) is 13.6. The molecule has 0 saturated heterocycles. The zero-order chi connectivity index (χ0) is 19.5. The van der Waals surface area contributed by atoms with Crippen LogP contribution in [0.1, 0.15) is 40.0 Å². The lowest BCUT2D eigenvalue weighted by Gasteiger charge is -2.13. The third-order valence-electron chi connectivity index (χ3n) is 5.48. The lowest BCUT2D eigenvalue weighted by Crippen LogP contribution is -2.18. The second kappa shape index (κ2) is 8.07. The molecule has 0 radical (unpaired) electrons. The first-order valence-corrected chi connectivity index (χ1v) is 9.78. The molecule has 3 aromatic rings. The van der Waals surface area contributed by atoms with Gasteiger partial charge in [0.25, 0.3) is 0 Å². The minimum atomic E-state index is 0.270. The number of carbonyl (C=O) groups is 1. The van der Waals surface area contributed by atoms with Gasteiger partial charge in [-0.25, -0.2) is 0 Å². The van der Waals surface area contributed by atoms with Crippen molar-refractivity contribution in [3.05, 3.63) is 65.0 Å². The smallest absolute Gasteiger partial charge is 0.179 e. The Bertz CT molecular complexity index is 1010. The van der Waals surface area contributed by atoms with Crippen molar-refractivity contribution in [1.29, 1.82) is 0 Å². The van der Waals surface area contributed by atoms with E-state index in [4.69, 9.17) is 9.47 Å². The van der Waals surface area contributed by atoms with Crippen LogP contribution in [0.15, 0.2) is 42.6 Å². The van der Waals surface area contributed by atoms with E-state index in [1.807, 2.05) is 36.5 Å². The predicted molar refractivity (Wildman–Crippen MR) is 110 cm³/mol. The van der Waals surface area contributed by atoms with E-state index < -0.39 is 0 Å². The van der Waals surface area contributed by atoms with E-state index in [1.165, 1.54) is 11.1 Å². The summed E-state index contributed by atoms with van der Waals surface area (Å²) < 4.78 is 12.8. The lowest BCUT2D eigenvalue weighted by atomic mass is 9.92. The Morgan fingerprint density at radius 2 is 1.93 bits per heavy atom. The Morgan fingerprint density at radius 1 is 1.07 bits per heavy atom. The Balaban J connectivity index is 1.48.